The fraction of sp³-hybridized carbons (Fsp3) is 1.00. The molecule has 66 valence electrons. The highest BCUT2D eigenvalue weighted by atomic mass is 19.4. The van der Waals surface area contributed by atoms with Crippen molar-refractivity contribution < 1.29 is 17.9 Å². The zero-order valence-corrected chi connectivity index (χ0v) is 6.53. The van der Waals surface area contributed by atoms with Crippen molar-refractivity contribution in [2.75, 3.05) is 6.61 Å². The summed E-state index contributed by atoms with van der Waals surface area (Å²) in [6.07, 6.45) is -3.74. The molecule has 0 aromatic heterocycles. The van der Waals surface area contributed by atoms with Crippen LogP contribution in [0.2, 0.25) is 0 Å². The molecule has 1 saturated heterocycles. The Morgan fingerprint density at radius 2 is 2.00 bits per heavy atom. The SMILES string of the molecule is CC1CCO[C@@]1(C)C(F)(F)F. The highest BCUT2D eigenvalue weighted by molar-refractivity contribution is 4.92. The van der Waals surface area contributed by atoms with Gasteiger partial charge in [0, 0.05) is 6.61 Å². The second-order valence-electron chi connectivity index (χ2n) is 3.14. The van der Waals surface area contributed by atoms with Gasteiger partial charge in [0.1, 0.15) is 0 Å². The molecule has 11 heavy (non-hydrogen) atoms. The fourth-order valence-electron chi connectivity index (χ4n) is 1.23. The van der Waals surface area contributed by atoms with E-state index >= 15 is 0 Å². The molecule has 0 saturated carbocycles. The van der Waals surface area contributed by atoms with Gasteiger partial charge < -0.3 is 4.74 Å². The first-order valence-corrected chi connectivity index (χ1v) is 3.58. The van der Waals surface area contributed by atoms with Crippen molar-refractivity contribution >= 4 is 0 Å². The van der Waals surface area contributed by atoms with E-state index in [-0.39, 0.29) is 6.61 Å². The van der Waals surface area contributed by atoms with Gasteiger partial charge in [-0.05, 0) is 19.3 Å². The molecule has 0 aromatic rings. The van der Waals surface area contributed by atoms with Crippen molar-refractivity contribution in [2.24, 2.45) is 5.92 Å². The van der Waals surface area contributed by atoms with Crippen LogP contribution in [-0.4, -0.2) is 18.4 Å². The standard InChI is InChI=1S/C7H11F3O/c1-5-3-4-11-6(5,2)7(8,9)10/h5H,3-4H2,1-2H3/t5?,6-/m1/s1. The van der Waals surface area contributed by atoms with Gasteiger partial charge in [-0.2, -0.15) is 13.2 Å². The maximum atomic E-state index is 12.3. The van der Waals surface area contributed by atoms with E-state index in [1.54, 1.807) is 6.92 Å². The Hall–Kier alpha value is -0.250. The second-order valence-corrected chi connectivity index (χ2v) is 3.14. The zero-order chi connectivity index (χ0) is 8.70. The van der Waals surface area contributed by atoms with E-state index in [2.05, 4.69) is 0 Å². The smallest absolute Gasteiger partial charge is 0.366 e. The van der Waals surface area contributed by atoms with Crippen LogP contribution in [0.25, 0.3) is 0 Å². The van der Waals surface area contributed by atoms with Crippen molar-refractivity contribution in [2.45, 2.75) is 32.0 Å². The summed E-state index contributed by atoms with van der Waals surface area (Å²) in [6.45, 7) is 2.91. The molecule has 0 radical (unpaired) electrons. The van der Waals surface area contributed by atoms with Crippen molar-refractivity contribution in [3.05, 3.63) is 0 Å². The maximum Gasteiger partial charge on any atom is 0.417 e. The summed E-state index contributed by atoms with van der Waals surface area (Å²) in [5.41, 5.74) is -1.91. The predicted octanol–water partition coefficient (Wildman–Crippen LogP) is 2.36. The molecule has 0 aliphatic carbocycles. The third kappa shape index (κ3) is 1.24. The lowest BCUT2D eigenvalue weighted by Crippen LogP contribution is -2.45. The van der Waals surface area contributed by atoms with Crippen LogP contribution < -0.4 is 0 Å². The van der Waals surface area contributed by atoms with Gasteiger partial charge >= 0.3 is 6.18 Å². The lowest BCUT2D eigenvalue weighted by Gasteiger charge is -2.30. The van der Waals surface area contributed by atoms with Gasteiger partial charge in [0.2, 0.25) is 0 Å². The highest BCUT2D eigenvalue weighted by Crippen LogP contribution is 2.44. The fourth-order valence-corrected chi connectivity index (χ4v) is 1.23. The number of rotatable bonds is 0. The van der Waals surface area contributed by atoms with E-state index in [9.17, 15) is 13.2 Å². The molecule has 0 spiro atoms. The molecule has 1 nitrogen and oxygen atoms in total. The van der Waals surface area contributed by atoms with Crippen LogP contribution in [0.3, 0.4) is 0 Å². The predicted molar refractivity (Wildman–Crippen MR) is 34.2 cm³/mol. The third-order valence-electron chi connectivity index (χ3n) is 2.46. The number of hydrogen-bond acceptors (Lipinski definition) is 1. The Bertz CT molecular complexity index is 154. The monoisotopic (exact) mass is 168 g/mol. The molecule has 1 unspecified atom stereocenters. The third-order valence-corrected chi connectivity index (χ3v) is 2.46. The summed E-state index contributed by atoms with van der Waals surface area (Å²) in [7, 11) is 0. The molecule has 4 heteroatoms. The molecular formula is C7H11F3O. The van der Waals surface area contributed by atoms with Crippen molar-refractivity contribution in [1.29, 1.82) is 0 Å². The first kappa shape index (κ1) is 8.84. The van der Waals surface area contributed by atoms with Gasteiger partial charge in [0.05, 0.1) is 0 Å². The number of halogens is 3. The van der Waals surface area contributed by atoms with Gasteiger partial charge in [0.15, 0.2) is 5.60 Å². The average Bonchev–Trinajstić information content (AvgIpc) is 2.12. The van der Waals surface area contributed by atoms with Crippen LogP contribution >= 0.6 is 0 Å². The van der Waals surface area contributed by atoms with Crippen molar-refractivity contribution in [3.63, 3.8) is 0 Å². The molecule has 2 atom stereocenters. The maximum absolute atomic E-state index is 12.3. The van der Waals surface area contributed by atoms with Crippen LogP contribution in [0.5, 0.6) is 0 Å². The lowest BCUT2D eigenvalue weighted by atomic mass is 9.90. The van der Waals surface area contributed by atoms with Crippen molar-refractivity contribution in [1.82, 2.24) is 0 Å². The molecule has 0 bridgehead atoms. The van der Waals surface area contributed by atoms with Gasteiger partial charge in [-0.25, -0.2) is 0 Å². The van der Waals surface area contributed by atoms with Crippen LogP contribution in [0.15, 0.2) is 0 Å². The van der Waals surface area contributed by atoms with Crippen LogP contribution in [0, 0.1) is 5.92 Å². The Morgan fingerprint density at radius 3 is 2.18 bits per heavy atom. The molecule has 1 fully saturated rings. The normalized spacial score (nSPS) is 39.5. The number of hydrogen-bond donors (Lipinski definition) is 0. The topological polar surface area (TPSA) is 9.23 Å². The molecule has 0 N–H and O–H groups in total. The van der Waals surface area contributed by atoms with E-state index in [1.165, 1.54) is 0 Å². The first-order chi connectivity index (χ1) is 4.88. The number of alkyl halides is 3. The quantitative estimate of drug-likeness (QED) is 0.539. The molecule has 1 heterocycles. The minimum absolute atomic E-state index is 0.219. The van der Waals surface area contributed by atoms with Gasteiger partial charge in [-0.1, -0.05) is 6.92 Å². The molecule has 1 aliphatic heterocycles. The Labute approximate surface area is 63.5 Å². The van der Waals surface area contributed by atoms with Crippen LogP contribution in [0.4, 0.5) is 13.2 Å². The summed E-state index contributed by atoms with van der Waals surface area (Å²) in [5, 5.41) is 0. The average molecular weight is 168 g/mol. The zero-order valence-electron chi connectivity index (χ0n) is 6.53. The van der Waals surface area contributed by atoms with Gasteiger partial charge in [-0.15, -0.1) is 0 Å². The summed E-state index contributed by atoms with van der Waals surface area (Å²) >= 11 is 0. The highest BCUT2D eigenvalue weighted by Gasteiger charge is 2.57. The van der Waals surface area contributed by atoms with Crippen molar-refractivity contribution in [3.8, 4) is 0 Å². The number of ether oxygens (including phenoxy) is 1. The van der Waals surface area contributed by atoms with E-state index < -0.39 is 17.7 Å². The Balaban J connectivity index is 2.81. The van der Waals surface area contributed by atoms with E-state index in [4.69, 9.17) is 4.74 Å². The second kappa shape index (κ2) is 2.37. The van der Waals surface area contributed by atoms with E-state index in [0.717, 1.165) is 6.92 Å². The first-order valence-electron chi connectivity index (χ1n) is 3.58. The minimum Gasteiger partial charge on any atom is -0.366 e. The summed E-state index contributed by atoms with van der Waals surface area (Å²) in [5.74, 6) is -0.428. The molecule has 0 aromatic carbocycles. The summed E-state index contributed by atoms with van der Waals surface area (Å²) in [6, 6.07) is 0. The molecule has 1 aliphatic rings. The van der Waals surface area contributed by atoms with E-state index in [1.807, 2.05) is 0 Å². The Morgan fingerprint density at radius 1 is 1.45 bits per heavy atom. The van der Waals surface area contributed by atoms with Gasteiger partial charge in [-0.3, -0.25) is 0 Å². The largest absolute Gasteiger partial charge is 0.417 e. The lowest BCUT2D eigenvalue weighted by molar-refractivity contribution is -0.266. The molecular weight excluding hydrogens is 157 g/mol. The van der Waals surface area contributed by atoms with Crippen LogP contribution in [-0.2, 0) is 4.74 Å². The summed E-state index contributed by atoms with van der Waals surface area (Å²) in [4.78, 5) is 0. The summed E-state index contributed by atoms with van der Waals surface area (Å²) < 4.78 is 41.5. The molecule has 0 amide bonds. The van der Waals surface area contributed by atoms with E-state index in [0.29, 0.717) is 6.42 Å². The van der Waals surface area contributed by atoms with Crippen LogP contribution in [0.1, 0.15) is 20.3 Å². The van der Waals surface area contributed by atoms with Gasteiger partial charge in [0.25, 0.3) is 0 Å². The molecule has 1 rings (SSSR count). The Kier molecular flexibility index (Phi) is 1.90. The minimum atomic E-state index is -4.23.